The summed E-state index contributed by atoms with van der Waals surface area (Å²) in [4.78, 5) is 20.9. The SMILES string of the molecule is O=C(NCCn1ncc2c(NCCc3ccccc3)ncnc21)c1cccc(Cl)c1. The second-order valence-corrected chi connectivity index (χ2v) is 7.19. The molecule has 0 aliphatic heterocycles. The van der Waals surface area contributed by atoms with E-state index in [1.807, 2.05) is 18.2 Å². The largest absolute Gasteiger partial charge is 0.369 e. The van der Waals surface area contributed by atoms with Gasteiger partial charge in [0, 0.05) is 23.7 Å². The number of carbonyl (C=O) groups is 1. The normalized spacial score (nSPS) is 10.8. The number of nitrogens with zero attached hydrogens (tertiary/aromatic N) is 4. The first-order chi connectivity index (χ1) is 14.7. The summed E-state index contributed by atoms with van der Waals surface area (Å²) in [5, 5.41) is 12.0. The molecule has 2 aromatic heterocycles. The number of halogens is 1. The van der Waals surface area contributed by atoms with E-state index in [0.717, 1.165) is 29.8 Å². The van der Waals surface area contributed by atoms with Crippen molar-refractivity contribution < 1.29 is 4.79 Å². The molecule has 7 nitrogen and oxygen atoms in total. The lowest BCUT2D eigenvalue weighted by Crippen LogP contribution is -2.27. The van der Waals surface area contributed by atoms with Crippen molar-refractivity contribution in [1.29, 1.82) is 0 Å². The van der Waals surface area contributed by atoms with Gasteiger partial charge < -0.3 is 10.6 Å². The zero-order valence-corrected chi connectivity index (χ0v) is 17.0. The molecule has 0 atom stereocenters. The standard InChI is InChI=1S/C22H21ClN6O/c23-18-8-4-7-17(13-18)22(30)25-11-12-29-21-19(14-28-29)20(26-15-27-21)24-10-9-16-5-2-1-3-6-16/h1-8,13-15H,9-12H2,(H,25,30)(H,24,26,27). The van der Waals surface area contributed by atoms with E-state index in [1.54, 1.807) is 35.1 Å². The molecule has 0 unspecified atom stereocenters. The first-order valence-electron chi connectivity index (χ1n) is 9.69. The van der Waals surface area contributed by atoms with Crippen LogP contribution in [0.25, 0.3) is 11.0 Å². The molecule has 0 bridgehead atoms. The molecule has 0 saturated carbocycles. The molecule has 4 rings (SSSR count). The average Bonchev–Trinajstić information content (AvgIpc) is 3.18. The molecule has 0 radical (unpaired) electrons. The van der Waals surface area contributed by atoms with Crippen molar-refractivity contribution in [3.63, 3.8) is 0 Å². The average molecular weight is 421 g/mol. The highest BCUT2D eigenvalue weighted by Crippen LogP contribution is 2.18. The summed E-state index contributed by atoms with van der Waals surface area (Å²) in [5.74, 6) is 0.581. The number of hydrogen-bond donors (Lipinski definition) is 2. The molecule has 0 saturated heterocycles. The maximum atomic E-state index is 12.2. The number of rotatable bonds is 8. The third-order valence-corrected chi connectivity index (χ3v) is 4.91. The molecule has 30 heavy (non-hydrogen) atoms. The number of aromatic nitrogens is 4. The highest BCUT2D eigenvalue weighted by Gasteiger charge is 2.10. The number of carbonyl (C=O) groups excluding carboxylic acids is 1. The highest BCUT2D eigenvalue weighted by atomic mass is 35.5. The lowest BCUT2D eigenvalue weighted by molar-refractivity contribution is 0.0952. The van der Waals surface area contributed by atoms with Gasteiger partial charge in [0.05, 0.1) is 18.1 Å². The predicted molar refractivity (Wildman–Crippen MR) is 118 cm³/mol. The summed E-state index contributed by atoms with van der Waals surface area (Å²) >= 11 is 5.94. The zero-order valence-electron chi connectivity index (χ0n) is 16.3. The van der Waals surface area contributed by atoms with E-state index < -0.39 is 0 Å². The molecule has 2 N–H and O–H groups in total. The minimum atomic E-state index is -0.174. The lowest BCUT2D eigenvalue weighted by Gasteiger charge is -2.08. The van der Waals surface area contributed by atoms with Crippen molar-refractivity contribution in [3.05, 3.63) is 83.3 Å². The summed E-state index contributed by atoms with van der Waals surface area (Å²) in [6.07, 6.45) is 4.17. The van der Waals surface area contributed by atoms with Crippen molar-refractivity contribution in [2.45, 2.75) is 13.0 Å². The molecule has 8 heteroatoms. The Labute approximate surface area is 179 Å². The highest BCUT2D eigenvalue weighted by molar-refractivity contribution is 6.30. The fourth-order valence-corrected chi connectivity index (χ4v) is 3.36. The summed E-state index contributed by atoms with van der Waals surface area (Å²) in [5.41, 5.74) is 2.52. The minimum Gasteiger partial charge on any atom is -0.369 e. The van der Waals surface area contributed by atoms with Crippen molar-refractivity contribution in [2.24, 2.45) is 0 Å². The third kappa shape index (κ3) is 4.75. The van der Waals surface area contributed by atoms with Gasteiger partial charge in [0.2, 0.25) is 0 Å². The summed E-state index contributed by atoms with van der Waals surface area (Å²) in [7, 11) is 0. The van der Waals surface area contributed by atoms with Gasteiger partial charge in [-0.2, -0.15) is 5.10 Å². The molecular weight excluding hydrogens is 400 g/mol. The van der Waals surface area contributed by atoms with Crippen LogP contribution in [0.15, 0.2) is 67.1 Å². The van der Waals surface area contributed by atoms with Gasteiger partial charge in [-0.05, 0) is 30.2 Å². The van der Waals surface area contributed by atoms with Crippen LogP contribution in [-0.4, -0.2) is 38.7 Å². The van der Waals surface area contributed by atoms with Crippen molar-refractivity contribution in [1.82, 2.24) is 25.1 Å². The number of nitrogens with one attached hydrogen (secondary N) is 2. The van der Waals surface area contributed by atoms with Crippen LogP contribution < -0.4 is 10.6 Å². The molecule has 0 aliphatic carbocycles. The van der Waals surface area contributed by atoms with E-state index in [4.69, 9.17) is 11.6 Å². The van der Waals surface area contributed by atoms with Gasteiger partial charge in [0.15, 0.2) is 5.65 Å². The van der Waals surface area contributed by atoms with Gasteiger partial charge in [0.25, 0.3) is 5.91 Å². The second kappa shape index (κ2) is 9.37. The first-order valence-corrected chi connectivity index (χ1v) is 10.1. The quantitative estimate of drug-likeness (QED) is 0.455. The fraction of sp³-hybridized carbons (Fsp3) is 0.182. The minimum absolute atomic E-state index is 0.174. The second-order valence-electron chi connectivity index (χ2n) is 6.76. The fourth-order valence-electron chi connectivity index (χ4n) is 3.17. The number of benzene rings is 2. The molecular formula is C22H21ClN6O. The molecule has 0 aliphatic rings. The Morgan fingerprint density at radius 2 is 1.90 bits per heavy atom. The Kier molecular flexibility index (Phi) is 6.20. The summed E-state index contributed by atoms with van der Waals surface area (Å²) in [6.45, 7) is 1.68. The van der Waals surface area contributed by atoms with Crippen LogP contribution in [0.5, 0.6) is 0 Å². The Balaban J connectivity index is 1.36. The van der Waals surface area contributed by atoms with Crippen LogP contribution in [0, 0.1) is 0 Å². The van der Waals surface area contributed by atoms with Crippen LogP contribution in [-0.2, 0) is 13.0 Å². The molecule has 1 amide bonds. The topological polar surface area (TPSA) is 84.7 Å². The monoisotopic (exact) mass is 420 g/mol. The summed E-state index contributed by atoms with van der Waals surface area (Å²) < 4.78 is 1.76. The van der Waals surface area contributed by atoms with E-state index in [0.29, 0.717) is 23.7 Å². The van der Waals surface area contributed by atoms with Crippen LogP contribution >= 0.6 is 11.6 Å². The number of amides is 1. The molecule has 152 valence electrons. The Bertz CT molecular complexity index is 1140. The van der Waals surface area contributed by atoms with Gasteiger partial charge in [-0.1, -0.05) is 48.0 Å². The van der Waals surface area contributed by atoms with Gasteiger partial charge in [-0.15, -0.1) is 0 Å². The van der Waals surface area contributed by atoms with E-state index in [1.165, 1.54) is 11.9 Å². The van der Waals surface area contributed by atoms with Crippen molar-refractivity contribution in [3.8, 4) is 0 Å². The molecule has 2 heterocycles. The van der Waals surface area contributed by atoms with Crippen molar-refractivity contribution >= 4 is 34.4 Å². The molecule has 0 spiro atoms. The van der Waals surface area contributed by atoms with E-state index in [-0.39, 0.29) is 5.91 Å². The lowest BCUT2D eigenvalue weighted by atomic mass is 10.1. The smallest absolute Gasteiger partial charge is 0.251 e. The van der Waals surface area contributed by atoms with Gasteiger partial charge in [-0.25, -0.2) is 14.6 Å². The van der Waals surface area contributed by atoms with Crippen LogP contribution in [0.4, 0.5) is 5.82 Å². The predicted octanol–water partition coefficient (Wildman–Crippen LogP) is 3.56. The number of anilines is 1. The van der Waals surface area contributed by atoms with Crippen LogP contribution in [0.1, 0.15) is 15.9 Å². The molecule has 2 aromatic carbocycles. The van der Waals surface area contributed by atoms with Gasteiger partial charge >= 0.3 is 0 Å². The maximum Gasteiger partial charge on any atom is 0.251 e. The number of fused-ring (bicyclic) bond motifs is 1. The zero-order chi connectivity index (χ0) is 20.8. The third-order valence-electron chi connectivity index (χ3n) is 4.68. The first kappa shape index (κ1) is 19.8. The van der Waals surface area contributed by atoms with Gasteiger partial charge in [0.1, 0.15) is 12.1 Å². The van der Waals surface area contributed by atoms with Crippen LogP contribution in [0.2, 0.25) is 5.02 Å². The van der Waals surface area contributed by atoms with E-state index >= 15 is 0 Å². The van der Waals surface area contributed by atoms with Crippen molar-refractivity contribution in [2.75, 3.05) is 18.4 Å². The van der Waals surface area contributed by atoms with Gasteiger partial charge in [-0.3, -0.25) is 4.79 Å². The molecule has 4 aromatic rings. The Hall–Kier alpha value is -3.45. The number of hydrogen-bond acceptors (Lipinski definition) is 5. The van der Waals surface area contributed by atoms with E-state index in [2.05, 4.69) is 37.8 Å². The summed E-state index contributed by atoms with van der Waals surface area (Å²) in [6, 6.07) is 17.1. The Morgan fingerprint density at radius 3 is 2.73 bits per heavy atom. The van der Waals surface area contributed by atoms with E-state index in [9.17, 15) is 4.79 Å². The molecule has 0 fully saturated rings. The Morgan fingerprint density at radius 1 is 1.03 bits per heavy atom. The maximum absolute atomic E-state index is 12.2. The van der Waals surface area contributed by atoms with Crippen LogP contribution in [0.3, 0.4) is 0 Å².